The van der Waals surface area contributed by atoms with E-state index in [0.717, 1.165) is 39.0 Å². The van der Waals surface area contributed by atoms with Crippen molar-refractivity contribution in [3.8, 4) is 5.75 Å². The lowest BCUT2D eigenvalue weighted by Crippen LogP contribution is -2.46. The third-order valence-electron chi connectivity index (χ3n) is 6.61. The summed E-state index contributed by atoms with van der Waals surface area (Å²) in [7, 11) is 1.61. The minimum Gasteiger partial charge on any atom is -0.497 e. The molecule has 1 aliphatic rings. The molecule has 34 heavy (non-hydrogen) atoms. The van der Waals surface area contributed by atoms with Crippen LogP contribution >= 0.6 is 0 Å². The number of para-hydroxylation sites is 1. The Kier molecular flexibility index (Phi) is 5.57. The molecule has 4 aromatic rings. The Balaban J connectivity index is 1.49. The highest BCUT2D eigenvalue weighted by atomic mass is 16.5. The Morgan fingerprint density at radius 3 is 2.68 bits per heavy atom. The van der Waals surface area contributed by atoms with Crippen molar-refractivity contribution in [1.29, 1.82) is 0 Å². The number of hydrogen-bond donors (Lipinski definition) is 2. The van der Waals surface area contributed by atoms with Gasteiger partial charge in [0, 0.05) is 34.3 Å². The normalized spacial score (nSPS) is 15.9. The van der Waals surface area contributed by atoms with Gasteiger partial charge in [-0.3, -0.25) is 9.59 Å². The van der Waals surface area contributed by atoms with E-state index in [1.807, 2.05) is 73.7 Å². The smallest absolute Gasteiger partial charge is 0.255 e. The molecule has 0 fully saturated rings. The van der Waals surface area contributed by atoms with Gasteiger partial charge in [-0.1, -0.05) is 48.5 Å². The van der Waals surface area contributed by atoms with Crippen molar-refractivity contribution in [2.75, 3.05) is 7.11 Å². The van der Waals surface area contributed by atoms with Crippen LogP contribution in [0.2, 0.25) is 0 Å². The summed E-state index contributed by atoms with van der Waals surface area (Å²) >= 11 is 0. The molecule has 0 bridgehead atoms. The lowest BCUT2D eigenvalue weighted by molar-refractivity contribution is -0.125. The van der Waals surface area contributed by atoms with Crippen LogP contribution in [-0.2, 0) is 11.3 Å². The average Bonchev–Trinajstić information content (AvgIpc) is 3.35. The summed E-state index contributed by atoms with van der Waals surface area (Å²) in [6, 6.07) is 22.3. The SMILES string of the molecule is COc1cccc(CNC(=O)[C@@H](C)N2C(=O)c3ccccc3[C@@H]2c2c(C)[nH]c3ccccc23)c1. The second kappa shape index (κ2) is 8.71. The van der Waals surface area contributed by atoms with E-state index in [0.29, 0.717) is 12.1 Å². The van der Waals surface area contributed by atoms with E-state index < -0.39 is 6.04 Å². The van der Waals surface area contributed by atoms with Crippen LogP contribution in [0.3, 0.4) is 0 Å². The summed E-state index contributed by atoms with van der Waals surface area (Å²) in [5, 5.41) is 4.05. The van der Waals surface area contributed by atoms with E-state index in [2.05, 4.69) is 16.4 Å². The van der Waals surface area contributed by atoms with Crippen LogP contribution < -0.4 is 10.1 Å². The molecule has 0 saturated heterocycles. The predicted molar refractivity (Wildman–Crippen MR) is 132 cm³/mol. The number of carbonyl (C=O) groups excluding carboxylic acids is 2. The van der Waals surface area contributed by atoms with Gasteiger partial charge in [-0.25, -0.2) is 0 Å². The van der Waals surface area contributed by atoms with Crippen molar-refractivity contribution in [1.82, 2.24) is 15.2 Å². The molecule has 172 valence electrons. The summed E-state index contributed by atoms with van der Waals surface area (Å²) in [5.74, 6) is 0.403. The Morgan fingerprint density at radius 2 is 1.85 bits per heavy atom. The molecule has 0 aliphatic carbocycles. The molecular formula is C28H27N3O3. The van der Waals surface area contributed by atoms with Crippen LogP contribution in [-0.4, -0.2) is 34.8 Å². The lowest BCUT2D eigenvalue weighted by Gasteiger charge is -2.31. The molecular weight excluding hydrogens is 426 g/mol. The Morgan fingerprint density at radius 1 is 1.09 bits per heavy atom. The average molecular weight is 454 g/mol. The monoisotopic (exact) mass is 453 g/mol. The predicted octanol–water partition coefficient (Wildman–Crippen LogP) is 4.74. The number of H-pyrrole nitrogens is 1. The number of amides is 2. The number of methoxy groups -OCH3 is 1. The molecule has 6 heteroatoms. The number of benzene rings is 3. The van der Waals surface area contributed by atoms with E-state index in [-0.39, 0.29) is 17.9 Å². The van der Waals surface area contributed by atoms with Gasteiger partial charge in [0.1, 0.15) is 11.8 Å². The second-order valence-electron chi connectivity index (χ2n) is 8.66. The number of carbonyl (C=O) groups is 2. The molecule has 2 atom stereocenters. The van der Waals surface area contributed by atoms with Crippen molar-refractivity contribution in [3.63, 3.8) is 0 Å². The van der Waals surface area contributed by atoms with Crippen molar-refractivity contribution in [2.24, 2.45) is 0 Å². The number of aromatic amines is 1. The van der Waals surface area contributed by atoms with Crippen molar-refractivity contribution >= 4 is 22.7 Å². The standard InChI is InChI=1S/C28H27N3O3/c1-17-25(23-13-6-7-14-24(23)30-17)26-21-11-4-5-12-22(21)28(33)31(26)18(2)27(32)29-16-19-9-8-10-20(15-19)34-3/h4-15,18,26,30H,16H2,1-3H3,(H,29,32)/t18-,26-/m1/s1. The van der Waals surface area contributed by atoms with E-state index in [4.69, 9.17) is 4.74 Å². The Bertz CT molecular complexity index is 1390. The first-order valence-corrected chi connectivity index (χ1v) is 11.4. The van der Waals surface area contributed by atoms with E-state index >= 15 is 0 Å². The molecule has 0 spiro atoms. The zero-order valence-corrected chi connectivity index (χ0v) is 19.5. The van der Waals surface area contributed by atoms with Gasteiger partial charge in [-0.2, -0.15) is 0 Å². The number of nitrogens with one attached hydrogen (secondary N) is 2. The topological polar surface area (TPSA) is 74.4 Å². The van der Waals surface area contributed by atoms with Gasteiger partial charge in [-0.05, 0) is 49.2 Å². The summed E-state index contributed by atoms with van der Waals surface area (Å²) < 4.78 is 5.27. The maximum Gasteiger partial charge on any atom is 0.255 e. The van der Waals surface area contributed by atoms with Crippen LogP contribution in [0.15, 0.2) is 72.8 Å². The fourth-order valence-corrected chi connectivity index (χ4v) is 4.93. The molecule has 5 rings (SSSR count). The number of aryl methyl sites for hydroxylation is 1. The third-order valence-corrected chi connectivity index (χ3v) is 6.61. The highest BCUT2D eigenvalue weighted by molar-refractivity contribution is 6.03. The molecule has 0 radical (unpaired) electrons. The van der Waals surface area contributed by atoms with E-state index in [1.54, 1.807) is 18.9 Å². The first-order valence-electron chi connectivity index (χ1n) is 11.4. The highest BCUT2D eigenvalue weighted by Crippen LogP contribution is 2.43. The maximum atomic E-state index is 13.6. The lowest BCUT2D eigenvalue weighted by atomic mass is 9.95. The number of fused-ring (bicyclic) bond motifs is 2. The molecule has 2 N–H and O–H groups in total. The van der Waals surface area contributed by atoms with Gasteiger partial charge >= 0.3 is 0 Å². The molecule has 1 aliphatic heterocycles. The van der Waals surface area contributed by atoms with Gasteiger partial charge in [0.2, 0.25) is 5.91 Å². The number of nitrogens with zero attached hydrogens (tertiary/aromatic N) is 1. The van der Waals surface area contributed by atoms with Crippen LogP contribution in [0.1, 0.15) is 45.7 Å². The number of rotatable bonds is 6. The first kappa shape index (κ1) is 21.8. The fourth-order valence-electron chi connectivity index (χ4n) is 4.93. The van der Waals surface area contributed by atoms with Crippen LogP contribution in [0.5, 0.6) is 5.75 Å². The van der Waals surface area contributed by atoms with Crippen molar-refractivity contribution < 1.29 is 14.3 Å². The second-order valence-corrected chi connectivity index (χ2v) is 8.66. The highest BCUT2D eigenvalue weighted by Gasteiger charge is 2.43. The minimum absolute atomic E-state index is 0.130. The Hall–Kier alpha value is -4.06. The molecule has 1 aromatic heterocycles. The quantitative estimate of drug-likeness (QED) is 0.443. The van der Waals surface area contributed by atoms with Crippen molar-refractivity contribution in [2.45, 2.75) is 32.5 Å². The summed E-state index contributed by atoms with van der Waals surface area (Å²) in [6.45, 7) is 4.17. The van der Waals surface area contributed by atoms with E-state index in [9.17, 15) is 9.59 Å². The third kappa shape index (κ3) is 3.61. The zero-order chi connectivity index (χ0) is 23.8. The zero-order valence-electron chi connectivity index (χ0n) is 19.5. The first-order chi connectivity index (χ1) is 16.5. The van der Waals surface area contributed by atoms with Gasteiger partial charge in [0.05, 0.1) is 13.2 Å². The van der Waals surface area contributed by atoms with Gasteiger partial charge in [-0.15, -0.1) is 0 Å². The fraction of sp³-hybridized carbons (Fsp3) is 0.214. The molecule has 3 aromatic carbocycles. The number of aromatic nitrogens is 1. The molecule has 0 unspecified atom stereocenters. The number of hydrogen-bond acceptors (Lipinski definition) is 3. The molecule has 6 nitrogen and oxygen atoms in total. The molecule has 0 saturated carbocycles. The minimum atomic E-state index is -0.663. The molecule has 2 heterocycles. The van der Waals surface area contributed by atoms with Crippen LogP contribution in [0.25, 0.3) is 10.9 Å². The largest absolute Gasteiger partial charge is 0.497 e. The van der Waals surface area contributed by atoms with Crippen LogP contribution in [0.4, 0.5) is 0 Å². The van der Waals surface area contributed by atoms with Gasteiger partial charge < -0.3 is 19.9 Å². The summed E-state index contributed by atoms with van der Waals surface area (Å²) in [4.78, 5) is 32.0. The van der Waals surface area contributed by atoms with Gasteiger partial charge in [0.15, 0.2) is 0 Å². The van der Waals surface area contributed by atoms with Gasteiger partial charge in [0.25, 0.3) is 5.91 Å². The van der Waals surface area contributed by atoms with Crippen LogP contribution in [0, 0.1) is 6.92 Å². The van der Waals surface area contributed by atoms with Crippen molar-refractivity contribution in [3.05, 3.63) is 101 Å². The Labute approximate surface area is 198 Å². The number of ether oxygens (including phenoxy) is 1. The maximum absolute atomic E-state index is 13.6. The summed E-state index contributed by atoms with van der Waals surface area (Å²) in [6.07, 6.45) is 0. The molecule has 2 amide bonds. The summed E-state index contributed by atoms with van der Waals surface area (Å²) in [5.41, 5.74) is 5.53. The van der Waals surface area contributed by atoms with E-state index in [1.165, 1.54) is 0 Å².